The first-order valence-corrected chi connectivity index (χ1v) is 8.67. The monoisotopic (exact) mass is 334 g/mol. The Balaban J connectivity index is 1.48. The molecule has 122 valence electrons. The number of likely N-dealkylation sites (tertiary alicyclic amines) is 1. The van der Waals surface area contributed by atoms with Crippen LogP contribution in [0.5, 0.6) is 0 Å². The van der Waals surface area contributed by atoms with Crippen molar-refractivity contribution in [3.05, 3.63) is 46.3 Å². The van der Waals surface area contributed by atoms with Crippen LogP contribution in [-0.4, -0.2) is 32.8 Å². The minimum absolute atomic E-state index is 0.219. The van der Waals surface area contributed by atoms with E-state index in [1.807, 2.05) is 0 Å². The summed E-state index contributed by atoms with van der Waals surface area (Å²) in [6, 6.07) is 4.94. The zero-order valence-electron chi connectivity index (χ0n) is 13.0. The Morgan fingerprint density at radius 1 is 1.22 bits per heavy atom. The first kappa shape index (κ1) is 15.1. The Morgan fingerprint density at radius 2 is 2.13 bits per heavy atom. The molecular formula is C17H20ClFN4. The molecule has 1 atom stereocenters. The lowest BCUT2D eigenvalue weighted by Gasteiger charge is -2.32. The minimum Gasteiger partial charge on any atom is -0.315 e. The summed E-state index contributed by atoms with van der Waals surface area (Å²) in [5.74, 6) is 2.43. The van der Waals surface area contributed by atoms with E-state index in [0.29, 0.717) is 23.0 Å². The Labute approximate surface area is 140 Å². The number of rotatable bonds is 3. The fraction of sp³-hybridized carbons (Fsp3) is 0.529. The fourth-order valence-electron chi connectivity index (χ4n) is 3.78. The molecule has 0 bridgehead atoms. The number of hydrogen-bond acceptors (Lipinski definition) is 3. The van der Waals surface area contributed by atoms with Crippen molar-refractivity contribution in [3.8, 4) is 0 Å². The molecule has 2 aromatic rings. The number of aryl methyl sites for hydroxylation is 1. The molecule has 4 rings (SSSR count). The normalized spacial score (nSPS) is 21.6. The molecule has 1 aromatic carbocycles. The van der Waals surface area contributed by atoms with Crippen LogP contribution in [0, 0.1) is 5.82 Å². The molecule has 0 aliphatic carbocycles. The van der Waals surface area contributed by atoms with Gasteiger partial charge in [0, 0.05) is 42.6 Å². The van der Waals surface area contributed by atoms with Gasteiger partial charge in [0.25, 0.3) is 0 Å². The summed E-state index contributed by atoms with van der Waals surface area (Å²) in [6.07, 6.45) is 4.46. The van der Waals surface area contributed by atoms with Crippen molar-refractivity contribution >= 4 is 11.6 Å². The summed E-state index contributed by atoms with van der Waals surface area (Å²) in [5, 5.41) is 9.20. The van der Waals surface area contributed by atoms with E-state index in [0.717, 1.165) is 50.5 Å². The average molecular weight is 335 g/mol. The van der Waals surface area contributed by atoms with Crippen LogP contribution < -0.4 is 0 Å². The lowest BCUT2D eigenvalue weighted by Crippen LogP contribution is -2.35. The molecule has 4 nitrogen and oxygen atoms in total. The van der Waals surface area contributed by atoms with E-state index in [4.69, 9.17) is 11.6 Å². The van der Waals surface area contributed by atoms with Gasteiger partial charge < -0.3 is 4.57 Å². The van der Waals surface area contributed by atoms with E-state index >= 15 is 0 Å². The van der Waals surface area contributed by atoms with Crippen molar-refractivity contribution in [3.63, 3.8) is 0 Å². The van der Waals surface area contributed by atoms with Crippen molar-refractivity contribution in [2.75, 3.05) is 13.1 Å². The van der Waals surface area contributed by atoms with Crippen LogP contribution in [0.1, 0.15) is 42.4 Å². The molecule has 0 saturated carbocycles. The Kier molecular flexibility index (Phi) is 4.07. The van der Waals surface area contributed by atoms with Gasteiger partial charge in [-0.25, -0.2) is 4.39 Å². The number of aromatic nitrogens is 3. The number of nitrogens with zero attached hydrogens (tertiary/aromatic N) is 4. The largest absolute Gasteiger partial charge is 0.315 e. The van der Waals surface area contributed by atoms with Crippen molar-refractivity contribution < 1.29 is 4.39 Å². The number of fused-ring (bicyclic) bond motifs is 1. The molecule has 6 heteroatoms. The molecule has 23 heavy (non-hydrogen) atoms. The quantitative estimate of drug-likeness (QED) is 0.862. The molecule has 1 fully saturated rings. The maximum absolute atomic E-state index is 14.0. The lowest BCUT2D eigenvalue weighted by molar-refractivity contribution is 0.192. The van der Waals surface area contributed by atoms with Gasteiger partial charge in [-0.2, -0.15) is 0 Å². The predicted octanol–water partition coefficient (Wildman–Crippen LogP) is 3.40. The van der Waals surface area contributed by atoms with Gasteiger partial charge in [-0.05, 0) is 37.9 Å². The van der Waals surface area contributed by atoms with Crippen LogP contribution in [0.25, 0.3) is 0 Å². The van der Waals surface area contributed by atoms with Gasteiger partial charge in [0.15, 0.2) is 0 Å². The van der Waals surface area contributed by atoms with E-state index in [-0.39, 0.29) is 5.82 Å². The van der Waals surface area contributed by atoms with Gasteiger partial charge in [0.05, 0.1) is 0 Å². The summed E-state index contributed by atoms with van der Waals surface area (Å²) in [5.41, 5.74) is 0.710. The zero-order chi connectivity index (χ0) is 15.8. The molecule has 2 aliphatic rings. The molecule has 0 unspecified atom stereocenters. The summed E-state index contributed by atoms with van der Waals surface area (Å²) in [6.45, 7) is 3.58. The molecule has 1 aromatic heterocycles. The molecule has 2 aliphatic heterocycles. The summed E-state index contributed by atoms with van der Waals surface area (Å²) < 4.78 is 16.3. The van der Waals surface area contributed by atoms with Gasteiger partial charge in [0.2, 0.25) is 0 Å². The lowest BCUT2D eigenvalue weighted by atomic mass is 9.96. The molecular weight excluding hydrogens is 315 g/mol. The third-order valence-electron chi connectivity index (χ3n) is 4.92. The van der Waals surface area contributed by atoms with Gasteiger partial charge in [-0.1, -0.05) is 17.7 Å². The number of hydrogen-bond donors (Lipinski definition) is 0. The maximum atomic E-state index is 14.0. The maximum Gasteiger partial charge on any atom is 0.137 e. The van der Waals surface area contributed by atoms with Crippen LogP contribution in [0.3, 0.4) is 0 Å². The average Bonchev–Trinajstić information content (AvgIpc) is 3.13. The van der Waals surface area contributed by atoms with Gasteiger partial charge in [-0.15, -0.1) is 10.2 Å². The molecule has 1 saturated heterocycles. The van der Waals surface area contributed by atoms with E-state index in [9.17, 15) is 4.39 Å². The van der Waals surface area contributed by atoms with E-state index < -0.39 is 0 Å². The fourth-order valence-corrected chi connectivity index (χ4v) is 3.93. The highest BCUT2D eigenvalue weighted by molar-refractivity contribution is 6.30. The number of halogens is 2. The van der Waals surface area contributed by atoms with Crippen molar-refractivity contribution in [1.29, 1.82) is 0 Å². The second-order valence-corrected chi connectivity index (χ2v) is 6.98. The summed E-state index contributed by atoms with van der Waals surface area (Å²) >= 11 is 5.83. The van der Waals surface area contributed by atoms with Crippen LogP contribution >= 0.6 is 11.6 Å². The first-order valence-electron chi connectivity index (χ1n) is 8.29. The summed E-state index contributed by atoms with van der Waals surface area (Å²) in [7, 11) is 0. The minimum atomic E-state index is -0.219. The second-order valence-electron chi connectivity index (χ2n) is 6.54. The number of benzene rings is 1. The van der Waals surface area contributed by atoms with Crippen LogP contribution in [0.15, 0.2) is 18.2 Å². The first-order chi connectivity index (χ1) is 11.2. The van der Waals surface area contributed by atoms with Crippen LogP contribution in [0.2, 0.25) is 5.02 Å². The number of piperidine rings is 1. The van der Waals surface area contributed by atoms with Crippen molar-refractivity contribution in [2.45, 2.75) is 44.7 Å². The highest BCUT2D eigenvalue weighted by Crippen LogP contribution is 2.29. The Hall–Kier alpha value is -1.46. The van der Waals surface area contributed by atoms with Crippen LogP contribution in [-0.2, 0) is 19.5 Å². The topological polar surface area (TPSA) is 34.0 Å². The highest BCUT2D eigenvalue weighted by atomic mass is 35.5. The van der Waals surface area contributed by atoms with E-state index in [1.165, 1.54) is 12.5 Å². The van der Waals surface area contributed by atoms with E-state index in [2.05, 4.69) is 19.7 Å². The second kappa shape index (κ2) is 6.21. The third-order valence-corrected chi connectivity index (χ3v) is 5.15. The predicted molar refractivity (Wildman–Crippen MR) is 87.0 cm³/mol. The molecule has 0 amide bonds. The van der Waals surface area contributed by atoms with E-state index in [1.54, 1.807) is 12.1 Å². The highest BCUT2D eigenvalue weighted by Gasteiger charge is 2.28. The van der Waals surface area contributed by atoms with Crippen molar-refractivity contribution in [1.82, 2.24) is 19.7 Å². The zero-order valence-corrected chi connectivity index (χ0v) is 13.8. The summed E-state index contributed by atoms with van der Waals surface area (Å²) in [4.78, 5) is 2.32. The SMILES string of the molecule is Fc1cc(Cl)ccc1CN1CCC[C@@H](c2nnc3n2CCC3)C1. The van der Waals surface area contributed by atoms with Gasteiger partial charge in [-0.3, -0.25) is 4.90 Å². The molecule has 0 radical (unpaired) electrons. The van der Waals surface area contributed by atoms with Gasteiger partial charge >= 0.3 is 0 Å². The third kappa shape index (κ3) is 3.00. The van der Waals surface area contributed by atoms with Crippen LogP contribution in [0.4, 0.5) is 4.39 Å². The molecule has 3 heterocycles. The smallest absolute Gasteiger partial charge is 0.137 e. The van der Waals surface area contributed by atoms with Gasteiger partial charge in [0.1, 0.15) is 17.5 Å². The molecule has 0 N–H and O–H groups in total. The molecule has 0 spiro atoms. The van der Waals surface area contributed by atoms with Crippen molar-refractivity contribution in [2.24, 2.45) is 0 Å². The standard InChI is InChI=1S/C17H20ClFN4/c18-14-6-5-12(15(19)9-14)10-22-7-1-3-13(11-22)17-21-20-16-4-2-8-23(16)17/h5-6,9,13H,1-4,7-8,10-11H2/t13-/m1/s1. The Morgan fingerprint density at radius 3 is 3.00 bits per heavy atom. The Bertz CT molecular complexity index is 715.